The van der Waals surface area contributed by atoms with Crippen molar-refractivity contribution in [1.29, 1.82) is 0 Å². The number of hydrogen-bond acceptors (Lipinski definition) is 4. The minimum atomic E-state index is -4.54. The average molecular weight is 691 g/mol. The van der Waals surface area contributed by atoms with Gasteiger partial charge in [0.1, 0.15) is 5.75 Å². The van der Waals surface area contributed by atoms with Gasteiger partial charge in [-0.15, -0.1) is 11.3 Å². The van der Waals surface area contributed by atoms with E-state index in [2.05, 4.69) is 34.5 Å². The molecule has 1 atom stereocenters. The molecule has 250 valence electrons. The standard InChI is InChI=1S/C39H38ClF3N2O2S/c1-28(36-20-10-23-48-36)44-37(46)25-29-12-8-18-33(24-29)47-22-11-21-45(26-32-17-9-19-35(38(32)40)39(41,42)43)27-34(30-13-4-2-5-14-30)31-15-6-3-7-16-31/h2-10,12-20,23-24,28,34H,11,21-22,25-27H2,1H3,(H,44,46). The first-order valence-corrected chi connectivity index (χ1v) is 17.1. The molecule has 0 bridgehead atoms. The van der Waals surface area contributed by atoms with Gasteiger partial charge in [-0.05, 0) is 65.2 Å². The summed E-state index contributed by atoms with van der Waals surface area (Å²) in [7, 11) is 0. The molecular formula is C39H38ClF3N2O2S. The van der Waals surface area contributed by atoms with Crippen LogP contribution in [0.3, 0.4) is 0 Å². The minimum absolute atomic E-state index is 0.0109. The lowest BCUT2D eigenvalue weighted by Gasteiger charge is -2.29. The number of carbonyl (C=O) groups excluding carboxylic acids is 1. The summed E-state index contributed by atoms with van der Waals surface area (Å²) in [6.45, 7) is 3.72. The number of carbonyl (C=O) groups is 1. The second-order valence-electron chi connectivity index (χ2n) is 11.7. The number of rotatable bonds is 15. The maximum absolute atomic E-state index is 13.7. The van der Waals surface area contributed by atoms with Gasteiger partial charge in [-0.3, -0.25) is 9.69 Å². The van der Waals surface area contributed by atoms with Crippen molar-refractivity contribution in [3.63, 3.8) is 0 Å². The van der Waals surface area contributed by atoms with Crippen molar-refractivity contribution in [2.24, 2.45) is 0 Å². The first kappa shape index (κ1) is 35.2. The van der Waals surface area contributed by atoms with Crippen molar-refractivity contribution in [3.8, 4) is 5.75 Å². The van der Waals surface area contributed by atoms with Gasteiger partial charge in [0.25, 0.3) is 0 Å². The number of thiophene rings is 1. The summed E-state index contributed by atoms with van der Waals surface area (Å²) < 4.78 is 47.2. The van der Waals surface area contributed by atoms with E-state index in [0.29, 0.717) is 37.4 Å². The van der Waals surface area contributed by atoms with Crippen molar-refractivity contribution >= 4 is 28.8 Å². The van der Waals surface area contributed by atoms with Gasteiger partial charge in [0.05, 0.1) is 29.7 Å². The number of benzene rings is 4. The van der Waals surface area contributed by atoms with Crippen LogP contribution in [0.2, 0.25) is 5.02 Å². The lowest BCUT2D eigenvalue weighted by atomic mass is 9.90. The number of hydrogen-bond donors (Lipinski definition) is 1. The molecule has 0 aliphatic heterocycles. The molecule has 1 heterocycles. The van der Waals surface area contributed by atoms with E-state index >= 15 is 0 Å². The molecule has 5 aromatic rings. The lowest BCUT2D eigenvalue weighted by molar-refractivity contribution is -0.137. The number of nitrogens with one attached hydrogen (secondary N) is 1. The van der Waals surface area contributed by atoms with Crippen molar-refractivity contribution in [1.82, 2.24) is 10.2 Å². The van der Waals surface area contributed by atoms with E-state index in [0.717, 1.165) is 27.6 Å². The van der Waals surface area contributed by atoms with Gasteiger partial charge >= 0.3 is 6.18 Å². The summed E-state index contributed by atoms with van der Waals surface area (Å²) in [5.41, 5.74) is 2.67. The van der Waals surface area contributed by atoms with Crippen LogP contribution < -0.4 is 10.1 Å². The predicted molar refractivity (Wildman–Crippen MR) is 188 cm³/mol. The van der Waals surface area contributed by atoms with Gasteiger partial charge < -0.3 is 10.1 Å². The van der Waals surface area contributed by atoms with Crippen LogP contribution in [0.5, 0.6) is 5.75 Å². The zero-order chi connectivity index (χ0) is 33.9. The van der Waals surface area contributed by atoms with Crippen LogP contribution in [0, 0.1) is 0 Å². The molecule has 0 radical (unpaired) electrons. The maximum Gasteiger partial charge on any atom is 0.417 e. The Kier molecular flexibility index (Phi) is 12.3. The van der Waals surface area contributed by atoms with E-state index in [1.165, 1.54) is 6.07 Å². The first-order valence-electron chi connectivity index (χ1n) is 15.9. The van der Waals surface area contributed by atoms with Gasteiger partial charge in [-0.1, -0.05) is 103 Å². The quantitative estimate of drug-likeness (QED) is 0.111. The lowest BCUT2D eigenvalue weighted by Crippen LogP contribution is -2.31. The molecule has 1 aromatic heterocycles. The molecule has 5 rings (SSSR count). The van der Waals surface area contributed by atoms with Crippen molar-refractivity contribution in [2.45, 2.75) is 44.4 Å². The Morgan fingerprint density at radius 3 is 2.23 bits per heavy atom. The fourth-order valence-electron chi connectivity index (χ4n) is 5.74. The molecule has 4 nitrogen and oxygen atoms in total. The van der Waals surface area contributed by atoms with Crippen LogP contribution in [-0.2, 0) is 23.9 Å². The topological polar surface area (TPSA) is 41.6 Å². The van der Waals surface area contributed by atoms with Gasteiger partial charge in [-0.25, -0.2) is 0 Å². The highest BCUT2D eigenvalue weighted by molar-refractivity contribution is 7.10. The van der Waals surface area contributed by atoms with Crippen LogP contribution in [0.15, 0.2) is 121 Å². The third-order valence-corrected chi connectivity index (χ3v) is 9.62. The van der Waals surface area contributed by atoms with Crippen LogP contribution in [0.25, 0.3) is 0 Å². The smallest absolute Gasteiger partial charge is 0.417 e. The molecule has 1 amide bonds. The van der Waals surface area contributed by atoms with Crippen LogP contribution in [0.1, 0.15) is 58.0 Å². The second-order valence-corrected chi connectivity index (χ2v) is 13.1. The normalized spacial score (nSPS) is 12.3. The summed E-state index contributed by atoms with van der Waals surface area (Å²) >= 11 is 7.96. The molecule has 0 saturated heterocycles. The number of amides is 1. The number of halogens is 4. The molecule has 0 saturated carbocycles. The molecule has 48 heavy (non-hydrogen) atoms. The Labute approximate surface area is 289 Å². The Balaban J connectivity index is 1.27. The van der Waals surface area contributed by atoms with Crippen LogP contribution >= 0.6 is 22.9 Å². The zero-order valence-electron chi connectivity index (χ0n) is 26.6. The SMILES string of the molecule is CC(NC(=O)Cc1cccc(OCCCN(Cc2cccc(C(F)(F)F)c2Cl)CC(c2ccccc2)c2ccccc2)c1)c1cccs1. The Morgan fingerprint density at radius 2 is 1.58 bits per heavy atom. The van der Waals surface area contributed by atoms with E-state index in [4.69, 9.17) is 16.3 Å². The number of nitrogens with zero attached hydrogens (tertiary/aromatic N) is 1. The monoisotopic (exact) mass is 690 g/mol. The summed E-state index contributed by atoms with van der Waals surface area (Å²) in [5.74, 6) is 0.581. The van der Waals surface area contributed by atoms with Gasteiger partial charge in [0.2, 0.25) is 5.91 Å². The molecule has 0 aliphatic rings. The van der Waals surface area contributed by atoms with E-state index in [9.17, 15) is 18.0 Å². The molecule has 0 aliphatic carbocycles. The minimum Gasteiger partial charge on any atom is -0.494 e. The highest BCUT2D eigenvalue weighted by Gasteiger charge is 2.34. The van der Waals surface area contributed by atoms with Gasteiger partial charge in [0, 0.05) is 30.4 Å². The Hall–Kier alpha value is -4.11. The molecule has 0 fully saturated rings. The largest absolute Gasteiger partial charge is 0.494 e. The highest BCUT2D eigenvalue weighted by atomic mass is 35.5. The predicted octanol–water partition coefficient (Wildman–Crippen LogP) is 9.94. The molecule has 4 aromatic carbocycles. The van der Waals surface area contributed by atoms with Crippen LogP contribution in [0.4, 0.5) is 13.2 Å². The molecule has 0 spiro atoms. The van der Waals surface area contributed by atoms with Gasteiger partial charge in [0.15, 0.2) is 0 Å². The molecule has 9 heteroatoms. The number of alkyl halides is 3. The first-order chi connectivity index (χ1) is 23.2. The third kappa shape index (κ3) is 9.95. The van der Waals surface area contributed by atoms with Gasteiger partial charge in [-0.2, -0.15) is 13.2 Å². The molecular weight excluding hydrogens is 653 g/mol. The fourth-order valence-corrected chi connectivity index (χ4v) is 6.77. The summed E-state index contributed by atoms with van der Waals surface area (Å²) in [6, 6.07) is 35.7. The summed E-state index contributed by atoms with van der Waals surface area (Å²) in [5, 5.41) is 4.76. The molecule has 1 unspecified atom stereocenters. The van der Waals surface area contributed by atoms with Crippen LogP contribution in [-0.4, -0.2) is 30.5 Å². The highest BCUT2D eigenvalue weighted by Crippen LogP contribution is 2.37. The van der Waals surface area contributed by atoms with E-state index < -0.39 is 11.7 Å². The fraction of sp³-hybridized carbons (Fsp3) is 0.256. The second kappa shape index (κ2) is 16.8. The third-order valence-electron chi connectivity index (χ3n) is 8.12. The van der Waals surface area contributed by atoms with E-state index in [1.54, 1.807) is 17.4 Å². The van der Waals surface area contributed by atoms with Crippen molar-refractivity contribution in [3.05, 3.63) is 158 Å². The van der Waals surface area contributed by atoms with E-state index in [-0.39, 0.29) is 35.9 Å². The average Bonchev–Trinajstić information content (AvgIpc) is 3.62. The Bertz CT molecular complexity index is 1690. The summed E-state index contributed by atoms with van der Waals surface area (Å²) in [4.78, 5) is 15.9. The number of ether oxygens (including phenoxy) is 1. The van der Waals surface area contributed by atoms with E-state index in [1.807, 2.05) is 85.1 Å². The van der Waals surface area contributed by atoms with Crippen molar-refractivity contribution in [2.75, 3.05) is 19.7 Å². The molecule has 1 N–H and O–H groups in total. The summed E-state index contributed by atoms with van der Waals surface area (Å²) in [6.07, 6.45) is -3.69. The Morgan fingerprint density at radius 1 is 0.896 bits per heavy atom. The maximum atomic E-state index is 13.7. The van der Waals surface area contributed by atoms with Crippen molar-refractivity contribution < 1.29 is 22.7 Å². The zero-order valence-corrected chi connectivity index (χ0v) is 28.2.